The highest BCUT2D eigenvalue weighted by atomic mass is 32.2. The summed E-state index contributed by atoms with van der Waals surface area (Å²) in [5.74, 6) is 0.263. The van der Waals surface area contributed by atoms with Gasteiger partial charge in [-0.1, -0.05) is 36.4 Å². The van der Waals surface area contributed by atoms with E-state index >= 15 is 0 Å². The summed E-state index contributed by atoms with van der Waals surface area (Å²) in [4.78, 5) is 1.97. The lowest BCUT2D eigenvalue weighted by Gasteiger charge is -2.39. The molecule has 6 nitrogen and oxygen atoms in total. The molecule has 160 valence electrons. The Bertz CT molecular complexity index is 984. The zero-order valence-electron chi connectivity index (χ0n) is 16.8. The van der Waals surface area contributed by atoms with Crippen molar-refractivity contribution < 1.29 is 8.42 Å². The van der Waals surface area contributed by atoms with Gasteiger partial charge in [0.05, 0.1) is 17.0 Å². The van der Waals surface area contributed by atoms with Crippen LogP contribution >= 0.6 is 24.4 Å². The first-order chi connectivity index (χ1) is 14.3. The molecule has 2 aromatic rings. The van der Waals surface area contributed by atoms with Crippen molar-refractivity contribution in [1.82, 2.24) is 10.2 Å². The molecular formula is C21H26N4O2S3. The predicted octanol–water partition coefficient (Wildman–Crippen LogP) is 3.25. The van der Waals surface area contributed by atoms with E-state index in [1.54, 1.807) is 0 Å². The van der Waals surface area contributed by atoms with Gasteiger partial charge in [-0.2, -0.15) is 0 Å². The van der Waals surface area contributed by atoms with Gasteiger partial charge < -0.3 is 20.9 Å². The Hall–Kier alpha value is -2.23. The molecule has 0 unspecified atom stereocenters. The van der Waals surface area contributed by atoms with E-state index in [2.05, 4.69) is 16.0 Å². The van der Waals surface area contributed by atoms with Gasteiger partial charge in [0, 0.05) is 24.5 Å². The SMILES string of the molecule is C[C@@]1(N(CCNC(=S)Nc2ccccc2)C(=S)Nc2ccccc2)CCS(=O)(=O)C1. The van der Waals surface area contributed by atoms with Crippen LogP contribution in [-0.4, -0.2) is 53.7 Å². The Labute approximate surface area is 189 Å². The molecule has 1 aliphatic heterocycles. The van der Waals surface area contributed by atoms with Crippen molar-refractivity contribution in [2.24, 2.45) is 0 Å². The van der Waals surface area contributed by atoms with Crippen LogP contribution in [0.4, 0.5) is 11.4 Å². The van der Waals surface area contributed by atoms with Crippen LogP contribution in [0.1, 0.15) is 13.3 Å². The lowest BCUT2D eigenvalue weighted by atomic mass is 9.99. The van der Waals surface area contributed by atoms with E-state index in [4.69, 9.17) is 24.4 Å². The van der Waals surface area contributed by atoms with E-state index in [0.29, 0.717) is 29.7 Å². The van der Waals surface area contributed by atoms with Crippen LogP contribution in [-0.2, 0) is 9.84 Å². The largest absolute Gasteiger partial charge is 0.361 e. The minimum atomic E-state index is -3.07. The summed E-state index contributed by atoms with van der Waals surface area (Å²) < 4.78 is 24.4. The Morgan fingerprint density at radius 2 is 1.57 bits per heavy atom. The van der Waals surface area contributed by atoms with Crippen molar-refractivity contribution in [2.75, 3.05) is 35.2 Å². The summed E-state index contributed by atoms with van der Waals surface area (Å²) in [6.07, 6.45) is 0.540. The van der Waals surface area contributed by atoms with E-state index in [-0.39, 0.29) is 11.5 Å². The van der Waals surface area contributed by atoms with Gasteiger partial charge in [-0.15, -0.1) is 0 Å². The van der Waals surface area contributed by atoms with Crippen LogP contribution in [0.2, 0.25) is 0 Å². The smallest absolute Gasteiger partial charge is 0.173 e. The third-order valence-electron chi connectivity index (χ3n) is 5.06. The molecular weight excluding hydrogens is 436 g/mol. The number of rotatable bonds is 6. The van der Waals surface area contributed by atoms with Gasteiger partial charge in [-0.3, -0.25) is 0 Å². The highest BCUT2D eigenvalue weighted by Gasteiger charge is 2.43. The molecule has 1 fully saturated rings. The summed E-state index contributed by atoms with van der Waals surface area (Å²) >= 11 is 11.0. The number of para-hydroxylation sites is 2. The Morgan fingerprint density at radius 1 is 1.00 bits per heavy atom. The summed E-state index contributed by atoms with van der Waals surface area (Å²) in [7, 11) is -3.07. The predicted molar refractivity (Wildman–Crippen MR) is 132 cm³/mol. The lowest BCUT2D eigenvalue weighted by molar-refractivity contribution is 0.227. The van der Waals surface area contributed by atoms with Crippen LogP contribution in [0.5, 0.6) is 0 Å². The molecule has 0 amide bonds. The van der Waals surface area contributed by atoms with E-state index < -0.39 is 15.4 Å². The van der Waals surface area contributed by atoms with Crippen LogP contribution in [0.25, 0.3) is 0 Å². The number of sulfone groups is 1. The average molecular weight is 463 g/mol. The van der Waals surface area contributed by atoms with Gasteiger partial charge in [0.2, 0.25) is 0 Å². The molecule has 2 aromatic carbocycles. The highest BCUT2D eigenvalue weighted by Crippen LogP contribution is 2.30. The number of hydrogen-bond donors (Lipinski definition) is 3. The number of hydrogen-bond acceptors (Lipinski definition) is 4. The van der Waals surface area contributed by atoms with Gasteiger partial charge in [-0.25, -0.2) is 8.42 Å². The molecule has 0 aliphatic carbocycles. The molecule has 1 aliphatic rings. The minimum Gasteiger partial charge on any atom is -0.361 e. The third kappa shape index (κ3) is 6.13. The summed E-state index contributed by atoms with van der Waals surface area (Å²) in [6, 6.07) is 19.3. The van der Waals surface area contributed by atoms with Gasteiger partial charge in [-0.05, 0) is 62.0 Å². The second-order valence-corrected chi connectivity index (χ2v) is 10.5. The number of thiocarbonyl (C=S) groups is 2. The fraction of sp³-hybridized carbons (Fsp3) is 0.333. The fourth-order valence-corrected chi connectivity index (χ4v) is 6.31. The molecule has 30 heavy (non-hydrogen) atoms. The lowest BCUT2D eigenvalue weighted by Crippen LogP contribution is -2.54. The molecule has 9 heteroatoms. The van der Waals surface area contributed by atoms with Crippen molar-refractivity contribution >= 4 is 55.9 Å². The van der Waals surface area contributed by atoms with Crippen molar-refractivity contribution in [2.45, 2.75) is 18.9 Å². The second-order valence-electron chi connectivity index (χ2n) is 7.53. The highest BCUT2D eigenvalue weighted by molar-refractivity contribution is 7.91. The van der Waals surface area contributed by atoms with E-state index in [1.807, 2.05) is 72.5 Å². The van der Waals surface area contributed by atoms with Gasteiger partial charge in [0.25, 0.3) is 0 Å². The molecule has 0 spiro atoms. The maximum absolute atomic E-state index is 12.2. The van der Waals surface area contributed by atoms with Crippen LogP contribution < -0.4 is 16.0 Å². The van der Waals surface area contributed by atoms with Gasteiger partial charge >= 0.3 is 0 Å². The van der Waals surface area contributed by atoms with E-state index in [9.17, 15) is 8.42 Å². The molecule has 1 heterocycles. The number of benzene rings is 2. The summed E-state index contributed by atoms with van der Waals surface area (Å²) in [6.45, 7) is 2.99. The minimum absolute atomic E-state index is 0.0866. The van der Waals surface area contributed by atoms with Crippen LogP contribution in [0, 0.1) is 0 Å². The Kier molecular flexibility index (Phi) is 7.27. The van der Waals surface area contributed by atoms with Crippen LogP contribution in [0.15, 0.2) is 60.7 Å². The molecule has 3 N–H and O–H groups in total. The average Bonchev–Trinajstić information content (AvgIpc) is 3.00. The van der Waals surface area contributed by atoms with Crippen molar-refractivity contribution in [1.29, 1.82) is 0 Å². The number of anilines is 2. The summed E-state index contributed by atoms with van der Waals surface area (Å²) in [5, 5.41) is 10.6. The molecule has 0 bridgehead atoms. The first-order valence-corrected chi connectivity index (χ1v) is 12.4. The Morgan fingerprint density at radius 3 is 2.10 bits per heavy atom. The molecule has 3 rings (SSSR count). The zero-order valence-corrected chi connectivity index (χ0v) is 19.2. The maximum atomic E-state index is 12.2. The van der Waals surface area contributed by atoms with E-state index in [1.165, 1.54) is 0 Å². The normalized spacial score (nSPS) is 19.6. The quantitative estimate of drug-likeness (QED) is 0.565. The van der Waals surface area contributed by atoms with Gasteiger partial charge in [0.15, 0.2) is 20.1 Å². The number of nitrogens with zero attached hydrogens (tertiary/aromatic N) is 1. The molecule has 1 atom stereocenters. The first-order valence-electron chi connectivity index (χ1n) is 9.71. The first kappa shape index (κ1) is 22.5. The molecule has 0 aromatic heterocycles. The fourth-order valence-electron chi connectivity index (χ4n) is 3.51. The zero-order chi connectivity index (χ0) is 21.6. The standard InChI is InChI=1S/C21H26N4O2S3/c1-21(12-15-30(26,27)16-21)25(20(29)24-18-10-6-3-7-11-18)14-13-22-19(28)23-17-8-4-2-5-9-17/h2-11H,12-16H2,1H3,(H,24,29)(H2,22,23,28)/t21-/m1/s1. The monoisotopic (exact) mass is 462 g/mol. The molecule has 0 radical (unpaired) electrons. The van der Waals surface area contributed by atoms with Crippen molar-refractivity contribution in [3.8, 4) is 0 Å². The number of nitrogens with one attached hydrogen (secondary N) is 3. The topological polar surface area (TPSA) is 73.5 Å². The Balaban J connectivity index is 1.65. The van der Waals surface area contributed by atoms with Gasteiger partial charge in [0.1, 0.15) is 0 Å². The second kappa shape index (κ2) is 9.72. The third-order valence-corrected chi connectivity index (χ3v) is 7.51. The van der Waals surface area contributed by atoms with Crippen LogP contribution in [0.3, 0.4) is 0 Å². The summed E-state index contributed by atoms with van der Waals surface area (Å²) in [5.41, 5.74) is 1.21. The van der Waals surface area contributed by atoms with E-state index in [0.717, 1.165) is 11.4 Å². The maximum Gasteiger partial charge on any atom is 0.173 e. The molecule has 1 saturated heterocycles. The van der Waals surface area contributed by atoms with Crippen molar-refractivity contribution in [3.05, 3.63) is 60.7 Å². The van der Waals surface area contributed by atoms with Crippen molar-refractivity contribution in [3.63, 3.8) is 0 Å². The molecule has 0 saturated carbocycles.